The Morgan fingerprint density at radius 2 is 1.85 bits per heavy atom. The second kappa shape index (κ2) is 6.57. The molecule has 0 aliphatic rings. The van der Waals surface area contributed by atoms with Gasteiger partial charge in [-0.2, -0.15) is 0 Å². The third-order valence-corrected chi connectivity index (χ3v) is 3.44. The highest BCUT2D eigenvalue weighted by Crippen LogP contribution is 2.18. The van der Waals surface area contributed by atoms with Gasteiger partial charge in [-0.3, -0.25) is 9.88 Å². The molecule has 20 heavy (non-hydrogen) atoms. The second-order valence-corrected chi connectivity index (χ2v) is 5.41. The maximum absolute atomic E-state index is 4.62. The van der Waals surface area contributed by atoms with Crippen LogP contribution in [0.25, 0.3) is 0 Å². The van der Waals surface area contributed by atoms with Gasteiger partial charge in [0.15, 0.2) is 0 Å². The van der Waals surface area contributed by atoms with Crippen LogP contribution in [0.5, 0.6) is 0 Å². The third-order valence-electron chi connectivity index (χ3n) is 3.44. The Bertz CT molecular complexity index is 539. The van der Waals surface area contributed by atoms with Crippen LogP contribution < -0.4 is 0 Å². The molecule has 2 heterocycles. The average Bonchev–Trinajstić information content (AvgIpc) is 2.47. The van der Waals surface area contributed by atoms with E-state index in [1.165, 1.54) is 0 Å². The van der Waals surface area contributed by atoms with Gasteiger partial charge in [-0.25, -0.2) is 9.97 Å². The van der Waals surface area contributed by atoms with Gasteiger partial charge in [0, 0.05) is 30.9 Å². The average molecular weight is 270 g/mol. The fourth-order valence-corrected chi connectivity index (χ4v) is 2.02. The van der Waals surface area contributed by atoms with E-state index in [0.29, 0.717) is 5.92 Å². The van der Waals surface area contributed by atoms with Gasteiger partial charge in [0.05, 0.1) is 11.4 Å². The Hall–Kier alpha value is -1.81. The smallest absolute Gasteiger partial charge is 0.131 e. The number of rotatable bonds is 5. The molecule has 0 unspecified atom stereocenters. The van der Waals surface area contributed by atoms with Crippen LogP contribution in [0.4, 0.5) is 0 Å². The molecule has 0 fully saturated rings. The maximum atomic E-state index is 4.62. The van der Waals surface area contributed by atoms with Gasteiger partial charge < -0.3 is 0 Å². The zero-order valence-electron chi connectivity index (χ0n) is 12.6. The Morgan fingerprint density at radius 1 is 1.05 bits per heavy atom. The van der Waals surface area contributed by atoms with Crippen molar-refractivity contribution >= 4 is 0 Å². The summed E-state index contributed by atoms with van der Waals surface area (Å²) in [5.74, 6) is 1.26. The van der Waals surface area contributed by atoms with Gasteiger partial charge >= 0.3 is 0 Å². The molecule has 106 valence electrons. The van der Waals surface area contributed by atoms with E-state index < -0.39 is 0 Å². The molecule has 0 saturated carbocycles. The van der Waals surface area contributed by atoms with Crippen LogP contribution in [0.15, 0.2) is 36.7 Å². The van der Waals surface area contributed by atoms with Crippen molar-refractivity contribution in [3.63, 3.8) is 0 Å². The molecule has 4 nitrogen and oxygen atoms in total. The molecule has 0 bridgehead atoms. The van der Waals surface area contributed by atoms with Crippen molar-refractivity contribution in [2.24, 2.45) is 0 Å². The van der Waals surface area contributed by atoms with Gasteiger partial charge in [-0.05, 0) is 32.2 Å². The molecule has 0 aliphatic carbocycles. The van der Waals surface area contributed by atoms with E-state index in [0.717, 1.165) is 23.8 Å². The molecule has 0 saturated heterocycles. The van der Waals surface area contributed by atoms with Gasteiger partial charge in [-0.1, -0.05) is 19.9 Å². The van der Waals surface area contributed by atoms with Crippen molar-refractivity contribution < 1.29 is 0 Å². The summed E-state index contributed by atoms with van der Waals surface area (Å²) in [5.41, 5.74) is 2.13. The minimum Gasteiger partial charge on any atom is -0.292 e. The Labute approximate surface area is 120 Å². The third kappa shape index (κ3) is 3.61. The summed E-state index contributed by atoms with van der Waals surface area (Å²) in [4.78, 5) is 15.6. The molecular weight excluding hydrogens is 248 g/mol. The first-order valence-electron chi connectivity index (χ1n) is 7.01. The molecule has 4 heteroatoms. The molecule has 0 aliphatic heterocycles. The number of hydrogen-bond donors (Lipinski definition) is 0. The fraction of sp³-hybridized carbons (Fsp3) is 0.438. The fourth-order valence-electron chi connectivity index (χ4n) is 2.02. The summed E-state index contributed by atoms with van der Waals surface area (Å²) >= 11 is 0. The van der Waals surface area contributed by atoms with Crippen molar-refractivity contribution in [3.8, 4) is 0 Å². The van der Waals surface area contributed by atoms with Crippen molar-refractivity contribution in [1.29, 1.82) is 0 Å². The summed E-state index contributed by atoms with van der Waals surface area (Å²) in [5, 5.41) is 0. The number of hydrogen-bond acceptors (Lipinski definition) is 4. The lowest BCUT2D eigenvalue weighted by Crippen LogP contribution is -2.23. The van der Waals surface area contributed by atoms with Crippen LogP contribution in [0.3, 0.4) is 0 Å². The highest BCUT2D eigenvalue weighted by atomic mass is 15.1. The van der Waals surface area contributed by atoms with E-state index in [9.17, 15) is 0 Å². The van der Waals surface area contributed by atoms with E-state index in [1.54, 1.807) is 0 Å². The summed E-state index contributed by atoms with van der Waals surface area (Å²) in [6.07, 6.45) is 3.68. The zero-order chi connectivity index (χ0) is 14.5. The first-order valence-corrected chi connectivity index (χ1v) is 7.01. The molecule has 0 spiro atoms. The lowest BCUT2D eigenvalue weighted by Gasteiger charge is -2.24. The quantitative estimate of drug-likeness (QED) is 0.836. The molecule has 1 atom stereocenters. The number of aromatic nitrogens is 3. The monoisotopic (exact) mass is 270 g/mol. The minimum absolute atomic E-state index is 0.258. The summed E-state index contributed by atoms with van der Waals surface area (Å²) in [6, 6.07) is 8.26. The maximum Gasteiger partial charge on any atom is 0.131 e. The van der Waals surface area contributed by atoms with Gasteiger partial charge in [0.2, 0.25) is 0 Å². The lowest BCUT2D eigenvalue weighted by atomic mass is 10.2. The first-order chi connectivity index (χ1) is 9.58. The Kier molecular flexibility index (Phi) is 4.79. The SMILES string of the molecule is CC(C)c1nccc(CN(C)[C@@H](C)c2ccccn2)n1. The summed E-state index contributed by atoms with van der Waals surface area (Å²) in [7, 11) is 2.09. The zero-order valence-corrected chi connectivity index (χ0v) is 12.6. The predicted molar refractivity (Wildman–Crippen MR) is 80.2 cm³/mol. The van der Waals surface area contributed by atoms with Crippen LogP contribution in [-0.2, 0) is 6.54 Å². The first kappa shape index (κ1) is 14.6. The molecule has 0 amide bonds. The van der Waals surface area contributed by atoms with E-state index >= 15 is 0 Å². The standard InChI is InChI=1S/C16H22N4/c1-12(2)16-18-10-8-14(19-16)11-20(4)13(3)15-7-5-6-9-17-15/h5-10,12-13H,11H2,1-4H3/t13-/m0/s1. The number of pyridine rings is 1. The highest BCUT2D eigenvalue weighted by Gasteiger charge is 2.14. The van der Waals surface area contributed by atoms with E-state index in [1.807, 2.05) is 30.6 Å². The molecule has 0 N–H and O–H groups in total. The van der Waals surface area contributed by atoms with E-state index in [-0.39, 0.29) is 6.04 Å². The minimum atomic E-state index is 0.258. The normalized spacial score (nSPS) is 12.9. The highest BCUT2D eigenvalue weighted by molar-refractivity contribution is 5.09. The summed E-state index contributed by atoms with van der Waals surface area (Å²) < 4.78 is 0. The van der Waals surface area contributed by atoms with Crippen molar-refractivity contribution in [2.75, 3.05) is 7.05 Å². The lowest BCUT2D eigenvalue weighted by molar-refractivity contribution is 0.245. The largest absolute Gasteiger partial charge is 0.292 e. The van der Waals surface area contributed by atoms with E-state index in [2.05, 4.69) is 53.7 Å². The molecule has 2 aromatic heterocycles. The Morgan fingerprint density at radius 3 is 2.50 bits per heavy atom. The van der Waals surface area contributed by atoms with Crippen molar-refractivity contribution in [1.82, 2.24) is 19.9 Å². The van der Waals surface area contributed by atoms with Crippen molar-refractivity contribution in [2.45, 2.75) is 39.3 Å². The van der Waals surface area contributed by atoms with Gasteiger partial charge in [0.25, 0.3) is 0 Å². The van der Waals surface area contributed by atoms with Crippen molar-refractivity contribution in [3.05, 3.63) is 53.9 Å². The molecule has 0 aromatic carbocycles. The van der Waals surface area contributed by atoms with Crippen LogP contribution in [0, 0.1) is 0 Å². The topological polar surface area (TPSA) is 41.9 Å². The summed E-state index contributed by atoms with van der Waals surface area (Å²) in [6.45, 7) is 7.17. The van der Waals surface area contributed by atoms with Gasteiger partial charge in [-0.15, -0.1) is 0 Å². The predicted octanol–water partition coefficient (Wildman–Crippen LogP) is 3.19. The molecule has 2 rings (SSSR count). The molecular formula is C16H22N4. The van der Waals surface area contributed by atoms with Crippen LogP contribution in [0.1, 0.15) is 49.9 Å². The number of nitrogens with zero attached hydrogens (tertiary/aromatic N) is 4. The van der Waals surface area contributed by atoms with E-state index in [4.69, 9.17) is 0 Å². The van der Waals surface area contributed by atoms with Gasteiger partial charge in [0.1, 0.15) is 5.82 Å². The second-order valence-electron chi connectivity index (χ2n) is 5.41. The van der Waals surface area contributed by atoms with Crippen LogP contribution in [0.2, 0.25) is 0 Å². The van der Waals surface area contributed by atoms with Crippen LogP contribution >= 0.6 is 0 Å². The molecule has 2 aromatic rings. The molecule has 0 radical (unpaired) electrons. The Balaban J connectivity index is 2.08. The van der Waals surface area contributed by atoms with Crippen LogP contribution in [-0.4, -0.2) is 26.9 Å².